The monoisotopic (exact) mass is 295 g/mol. The average Bonchev–Trinajstić information content (AvgIpc) is 2.42. The van der Waals surface area contributed by atoms with Gasteiger partial charge in [0.25, 0.3) is 0 Å². The lowest BCUT2D eigenvalue weighted by Crippen LogP contribution is -2.13. The highest BCUT2D eigenvalue weighted by Crippen LogP contribution is 2.35. The number of aryl methyl sites for hydroxylation is 1. The van der Waals surface area contributed by atoms with Gasteiger partial charge in [-0.1, -0.05) is 17.7 Å². The van der Waals surface area contributed by atoms with Crippen LogP contribution in [0.25, 0.3) is 11.1 Å². The number of hydrogen-bond donors (Lipinski definition) is 1. The lowest BCUT2D eigenvalue weighted by molar-refractivity contribution is 0.617. The Kier molecular flexibility index (Phi) is 4.41. The lowest BCUT2D eigenvalue weighted by Gasteiger charge is -2.17. The van der Waals surface area contributed by atoms with E-state index in [0.717, 1.165) is 5.56 Å². The summed E-state index contributed by atoms with van der Waals surface area (Å²) in [6.45, 7) is 3.64. The highest BCUT2D eigenvalue weighted by Gasteiger charge is 2.15. The van der Waals surface area contributed by atoms with Crippen LogP contribution in [0.2, 0.25) is 5.02 Å². The minimum atomic E-state index is -0.363. The second-order valence-electron chi connectivity index (χ2n) is 4.82. The second-order valence-corrected chi connectivity index (χ2v) is 5.23. The lowest BCUT2D eigenvalue weighted by atomic mass is 9.94. The van der Waals surface area contributed by atoms with Crippen LogP contribution in [-0.4, -0.2) is 7.05 Å². The molecule has 2 aromatic rings. The number of rotatable bonds is 3. The van der Waals surface area contributed by atoms with E-state index >= 15 is 0 Å². The fraction of sp³-hybridized carbons (Fsp3) is 0.250. The highest BCUT2D eigenvalue weighted by atomic mass is 35.5. The molecule has 4 heteroatoms. The van der Waals surface area contributed by atoms with Crippen LogP contribution >= 0.6 is 11.6 Å². The van der Waals surface area contributed by atoms with E-state index in [2.05, 4.69) is 5.32 Å². The zero-order chi connectivity index (χ0) is 14.9. The number of hydrogen-bond acceptors (Lipinski definition) is 1. The maximum atomic E-state index is 13.6. The van der Waals surface area contributed by atoms with E-state index < -0.39 is 0 Å². The molecule has 0 bridgehead atoms. The molecule has 0 aliphatic rings. The van der Waals surface area contributed by atoms with Gasteiger partial charge in [0.15, 0.2) is 0 Å². The van der Waals surface area contributed by atoms with E-state index in [0.29, 0.717) is 16.7 Å². The molecule has 0 radical (unpaired) electrons. The van der Waals surface area contributed by atoms with E-state index in [4.69, 9.17) is 11.6 Å². The molecule has 2 rings (SSSR count). The van der Waals surface area contributed by atoms with Crippen molar-refractivity contribution in [1.82, 2.24) is 5.32 Å². The normalized spacial score (nSPS) is 12.5. The van der Waals surface area contributed by atoms with Crippen LogP contribution in [0.5, 0.6) is 0 Å². The minimum absolute atomic E-state index is 0.0343. The number of halogens is 3. The van der Waals surface area contributed by atoms with Gasteiger partial charge in [-0.15, -0.1) is 0 Å². The van der Waals surface area contributed by atoms with Crippen molar-refractivity contribution in [2.45, 2.75) is 19.9 Å². The number of nitrogens with one attached hydrogen (secondary N) is 1. The molecule has 1 N–H and O–H groups in total. The van der Waals surface area contributed by atoms with Crippen molar-refractivity contribution in [1.29, 1.82) is 0 Å². The molecule has 0 fully saturated rings. The molecule has 0 aromatic heterocycles. The molecule has 0 saturated carbocycles. The molecule has 0 amide bonds. The van der Waals surface area contributed by atoms with Gasteiger partial charge in [0, 0.05) is 11.6 Å². The summed E-state index contributed by atoms with van der Waals surface area (Å²) >= 11 is 6.13. The van der Waals surface area contributed by atoms with Gasteiger partial charge in [-0.05, 0) is 61.9 Å². The predicted molar refractivity (Wildman–Crippen MR) is 79.0 cm³/mol. The molecule has 106 valence electrons. The summed E-state index contributed by atoms with van der Waals surface area (Å²) in [6.07, 6.45) is 0. The molecule has 1 nitrogen and oxygen atoms in total. The fourth-order valence-corrected chi connectivity index (χ4v) is 2.41. The topological polar surface area (TPSA) is 12.0 Å². The SMILES string of the molecule is CNC(C)c1ccc(F)cc1-c1cc(C)c(F)cc1Cl. The Morgan fingerprint density at radius 2 is 1.80 bits per heavy atom. The second kappa shape index (κ2) is 5.90. The fourth-order valence-electron chi connectivity index (χ4n) is 2.16. The van der Waals surface area contributed by atoms with Crippen LogP contribution < -0.4 is 5.32 Å². The van der Waals surface area contributed by atoms with Crippen LogP contribution in [0.4, 0.5) is 8.78 Å². The van der Waals surface area contributed by atoms with Crippen molar-refractivity contribution in [2.24, 2.45) is 0 Å². The Morgan fingerprint density at radius 3 is 2.45 bits per heavy atom. The molecule has 1 unspecified atom stereocenters. The third-order valence-electron chi connectivity index (χ3n) is 3.45. The molecule has 0 heterocycles. The van der Waals surface area contributed by atoms with E-state index in [1.807, 2.05) is 14.0 Å². The summed E-state index contributed by atoms with van der Waals surface area (Å²) in [7, 11) is 1.83. The molecule has 2 aromatic carbocycles. The Balaban J connectivity index is 2.68. The first-order chi connectivity index (χ1) is 9.43. The van der Waals surface area contributed by atoms with Crippen molar-refractivity contribution < 1.29 is 8.78 Å². The smallest absolute Gasteiger partial charge is 0.127 e. The van der Waals surface area contributed by atoms with Gasteiger partial charge in [-0.2, -0.15) is 0 Å². The van der Waals surface area contributed by atoms with E-state index in [1.165, 1.54) is 18.2 Å². The van der Waals surface area contributed by atoms with Crippen molar-refractivity contribution >= 4 is 11.6 Å². The Bertz CT molecular complexity index is 641. The summed E-state index contributed by atoms with van der Waals surface area (Å²) in [6, 6.07) is 7.52. The summed E-state index contributed by atoms with van der Waals surface area (Å²) in [5.41, 5.74) is 2.72. The maximum absolute atomic E-state index is 13.6. The molecule has 1 atom stereocenters. The third kappa shape index (κ3) is 2.84. The molecule has 0 aliphatic carbocycles. The van der Waals surface area contributed by atoms with Gasteiger partial charge in [-0.3, -0.25) is 0 Å². The quantitative estimate of drug-likeness (QED) is 0.851. The highest BCUT2D eigenvalue weighted by molar-refractivity contribution is 6.33. The summed E-state index contributed by atoms with van der Waals surface area (Å²) in [4.78, 5) is 0. The van der Waals surface area contributed by atoms with E-state index in [-0.39, 0.29) is 22.7 Å². The van der Waals surface area contributed by atoms with Gasteiger partial charge in [-0.25, -0.2) is 8.78 Å². The molecular formula is C16H16ClF2N. The van der Waals surface area contributed by atoms with Crippen LogP contribution in [0, 0.1) is 18.6 Å². The van der Waals surface area contributed by atoms with Crippen LogP contribution in [0.3, 0.4) is 0 Å². The van der Waals surface area contributed by atoms with Crippen molar-refractivity contribution in [3.63, 3.8) is 0 Å². The molecule has 0 spiro atoms. The van der Waals surface area contributed by atoms with Gasteiger partial charge >= 0.3 is 0 Å². The summed E-state index contributed by atoms with van der Waals surface area (Å²) in [5.74, 6) is -0.705. The Morgan fingerprint density at radius 1 is 1.10 bits per heavy atom. The standard InChI is InChI=1S/C16H16ClF2N/c1-9-6-14(15(17)8-16(9)19)13-7-11(18)4-5-12(13)10(2)20-3/h4-8,10,20H,1-3H3. The summed E-state index contributed by atoms with van der Waals surface area (Å²) < 4.78 is 27.1. The predicted octanol–water partition coefficient (Wildman–Crippen LogP) is 4.87. The van der Waals surface area contributed by atoms with Crippen LogP contribution in [0.15, 0.2) is 30.3 Å². The van der Waals surface area contributed by atoms with E-state index in [9.17, 15) is 8.78 Å². The van der Waals surface area contributed by atoms with Gasteiger partial charge in [0.05, 0.1) is 5.02 Å². The molecule has 0 aliphatic heterocycles. The van der Waals surface area contributed by atoms with Gasteiger partial charge < -0.3 is 5.32 Å². The first-order valence-electron chi connectivity index (χ1n) is 6.36. The minimum Gasteiger partial charge on any atom is -0.313 e. The molecular weight excluding hydrogens is 280 g/mol. The molecule has 0 saturated heterocycles. The average molecular weight is 296 g/mol. The zero-order valence-electron chi connectivity index (χ0n) is 11.6. The zero-order valence-corrected chi connectivity index (χ0v) is 12.4. The van der Waals surface area contributed by atoms with Crippen LogP contribution in [0.1, 0.15) is 24.1 Å². The van der Waals surface area contributed by atoms with Crippen molar-refractivity contribution in [3.05, 3.63) is 58.1 Å². The van der Waals surface area contributed by atoms with E-state index in [1.54, 1.807) is 19.1 Å². The number of benzene rings is 2. The third-order valence-corrected chi connectivity index (χ3v) is 3.77. The largest absolute Gasteiger partial charge is 0.313 e. The Labute approximate surface area is 122 Å². The first-order valence-corrected chi connectivity index (χ1v) is 6.74. The van der Waals surface area contributed by atoms with Crippen molar-refractivity contribution in [3.8, 4) is 11.1 Å². The summed E-state index contributed by atoms with van der Waals surface area (Å²) in [5, 5.41) is 3.40. The van der Waals surface area contributed by atoms with Crippen molar-refractivity contribution in [2.75, 3.05) is 7.05 Å². The van der Waals surface area contributed by atoms with Gasteiger partial charge in [0.1, 0.15) is 11.6 Å². The first kappa shape index (κ1) is 14.9. The van der Waals surface area contributed by atoms with Crippen LogP contribution in [-0.2, 0) is 0 Å². The molecule has 20 heavy (non-hydrogen) atoms. The maximum Gasteiger partial charge on any atom is 0.127 e. The van der Waals surface area contributed by atoms with Gasteiger partial charge in [0.2, 0.25) is 0 Å². The Hall–Kier alpha value is -1.45.